The van der Waals surface area contributed by atoms with Crippen LogP contribution in [0.1, 0.15) is 52.0 Å². The lowest BCUT2D eigenvalue weighted by Gasteiger charge is -2.35. The minimum atomic E-state index is 0.226. The van der Waals surface area contributed by atoms with E-state index in [0.717, 1.165) is 19.0 Å². The first-order valence-corrected chi connectivity index (χ1v) is 10.9. The van der Waals surface area contributed by atoms with Crippen molar-refractivity contribution in [2.24, 2.45) is 4.99 Å². The summed E-state index contributed by atoms with van der Waals surface area (Å²) in [5, 5.41) is 7.13. The van der Waals surface area contributed by atoms with Crippen molar-refractivity contribution in [2.45, 2.75) is 64.0 Å². The Balaban J connectivity index is 1.61. The average Bonchev–Trinajstić information content (AvgIpc) is 3.42. The second-order valence-corrected chi connectivity index (χ2v) is 8.86. The second kappa shape index (κ2) is 8.75. The van der Waals surface area contributed by atoms with Crippen molar-refractivity contribution >= 4 is 21.9 Å². The maximum Gasteiger partial charge on any atom is 0.191 e. The quantitative estimate of drug-likeness (QED) is 0.541. The van der Waals surface area contributed by atoms with Gasteiger partial charge in [-0.15, -0.1) is 0 Å². The van der Waals surface area contributed by atoms with Crippen LogP contribution >= 0.6 is 15.9 Å². The van der Waals surface area contributed by atoms with Crippen molar-refractivity contribution in [3.8, 4) is 0 Å². The van der Waals surface area contributed by atoms with Crippen LogP contribution in [-0.2, 0) is 5.41 Å². The Kier molecular flexibility index (Phi) is 6.62. The Bertz CT molecular complexity index is 616. The predicted molar refractivity (Wildman–Crippen MR) is 114 cm³/mol. The molecular formula is C21H33BrN4. The number of aliphatic imine (C=N–C) groups is 1. The van der Waals surface area contributed by atoms with E-state index in [1.54, 1.807) is 0 Å². The first kappa shape index (κ1) is 19.7. The van der Waals surface area contributed by atoms with Gasteiger partial charge in [-0.3, -0.25) is 4.99 Å². The van der Waals surface area contributed by atoms with Gasteiger partial charge in [0.15, 0.2) is 5.96 Å². The van der Waals surface area contributed by atoms with Crippen LogP contribution in [0.15, 0.2) is 33.7 Å². The van der Waals surface area contributed by atoms with Crippen molar-refractivity contribution < 1.29 is 0 Å². The third kappa shape index (κ3) is 4.80. The molecule has 0 radical (unpaired) electrons. The number of piperidine rings is 1. The van der Waals surface area contributed by atoms with E-state index in [1.807, 2.05) is 0 Å². The van der Waals surface area contributed by atoms with Crippen molar-refractivity contribution in [1.29, 1.82) is 0 Å². The zero-order valence-corrected chi connectivity index (χ0v) is 18.0. The Morgan fingerprint density at radius 3 is 2.54 bits per heavy atom. The standard InChI is InChI=1S/C21H33BrN4/c1-4-23-20(25-17-9-13-26(14-10-17)16(2)3)24-15-21(11-12-21)18-7-5-6-8-19(18)22/h5-8,16-17H,4,9-15H2,1-3H3,(H2,23,24,25). The highest BCUT2D eigenvalue weighted by Gasteiger charge is 2.45. The molecule has 0 bridgehead atoms. The molecule has 5 heteroatoms. The predicted octanol–water partition coefficient (Wildman–Crippen LogP) is 3.91. The van der Waals surface area contributed by atoms with Gasteiger partial charge in [0.2, 0.25) is 0 Å². The molecule has 3 rings (SSSR count). The van der Waals surface area contributed by atoms with E-state index in [-0.39, 0.29) is 5.41 Å². The fourth-order valence-electron chi connectivity index (χ4n) is 3.86. The Hall–Kier alpha value is -1.07. The molecule has 2 fully saturated rings. The van der Waals surface area contributed by atoms with E-state index in [4.69, 9.17) is 4.99 Å². The molecule has 0 atom stereocenters. The highest BCUT2D eigenvalue weighted by Crippen LogP contribution is 2.50. The highest BCUT2D eigenvalue weighted by molar-refractivity contribution is 9.10. The summed E-state index contributed by atoms with van der Waals surface area (Å²) in [5.74, 6) is 0.980. The zero-order chi connectivity index (χ0) is 18.6. The minimum absolute atomic E-state index is 0.226. The van der Waals surface area contributed by atoms with Crippen LogP contribution in [0.2, 0.25) is 0 Å². The maximum absolute atomic E-state index is 4.97. The molecule has 26 heavy (non-hydrogen) atoms. The molecule has 0 unspecified atom stereocenters. The van der Waals surface area contributed by atoms with E-state index < -0.39 is 0 Å². The number of hydrogen-bond acceptors (Lipinski definition) is 2. The lowest BCUT2D eigenvalue weighted by atomic mass is 9.96. The zero-order valence-electron chi connectivity index (χ0n) is 16.4. The fraction of sp³-hybridized carbons (Fsp3) is 0.667. The summed E-state index contributed by atoms with van der Waals surface area (Å²) in [5.41, 5.74) is 1.63. The molecule has 144 valence electrons. The Morgan fingerprint density at radius 2 is 1.96 bits per heavy atom. The van der Waals surface area contributed by atoms with E-state index in [1.165, 1.54) is 48.8 Å². The molecule has 4 nitrogen and oxygen atoms in total. The van der Waals surface area contributed by atoms with E-state index in [9.17, 15) is 0 Å². The number of nitrogens with one attached hydrogen (secondary N) is 2. The molecule has 0 aromatic heterocycles. The first-order chi connectivity index (χ1) is 12.5. The van der Waals surface area contributed by atoms with Crippen LogP contribution in [0.25, 0.3) is 0 Å². The van der Waals surface area contributed by atoms with E-state index in [0.29, 0.717) is 12.1 Å². The van der Waals surface area contributed by atoms with Gasteiger partial charge >= 0.3 is 0 Å². The van der Waals surface area contributed by atoms with Crippen molar-refractivity contribution in [1.82, 2.24) is 15.5 Å². The molecule has 2 N–H and O–H groups in total. The van der Waals surface area contributed by atoms with Gasteiger partial charge < -0.3 is 15.5 Å². The van der Waals surface area contributed by atoms with Crippen LogP contribution in [0, 0.1) is 0 Å². The molecule has 1 aliphatic carbocycles. The van der Waals surface area contributed by atoms with Crippen molar-refractivity contribution in [3.05, 3.63) is 34.3 Å². The SMILES string of the molecule is CCNC(=NCC1(c2ccccc2Br)CC1)NC1CCN(C(C)C)CC1. The van der Waals surface area contributed by atoms with Gasteiger partial charge in [-0.05, 0) is 58.1 Å². The first-order valence-electron chi connectivity index (χ1n) is 10.1. The van der Waals surface area contributed by atoms with Crippen molar-refractivity contribution in [2.75, 3.05) is 26.2 Å². The number of guanidine groups is 1. The van der Waals surface area contributed by atoms with Gasteiger partial charge in [0.05, 0.1) is 6.54 Å². The van der Waals surface area contributed by atoms with Gasteiger partial charge in [0.25, 0.3) is 0 Å². The molecule has 1 saturated heterocycles. The largest absolute Gasteiger partial charge is 0.357 e. The average molecular weight is 421 g/mol. The second-order valence-electron chi connectivity index (χ2n) is 8.00. The number of benzene rings is 1. The molecule has 1 aromatic carbocycles. The van der Waals surface area contributed by atoms with Crippen molar-refractivity contribution in [3.63, 3.8) is 0 Å². The number of nitrogens with zero attached hydrogens (tertiary/aromatic N) is 2. The topological polar surface area (TPSA) is 39.7 Å². The lowest BCUT2D eigenvalue weighted by Crippen LogP contribution is -2.50. The molecule has 1 heterocycles. The summed E-state index contributed by atoms with van der Waals surface area (Å²) in [6, 6.07) is 9.79. The lowest BCUT2D eigenvalue weighted by molar-refractivity contribution is 0.167. The summed E-state index contributed by atoms with van der Waals surface area (Å²) in [6.07, 6.45) is 4.84. The monoisotopic (exact) mass is 420 g/mol. The summed E-state index contributed by atoms with van der Waals surface area (Å²) in [7, 11) is 0. The van der Waals surface area contributed by atoms with Crippen LogP contribution < -0.4 is 10.6 Å². The summed E-state index contributed by atoms with van der Waals surface area (Å²) < 4.78 is 1.21. The van der Waals surface area contributed by atoms with Gasteiger partial charge in [-0.25, -0.2) is 0 Å². The van der Waals surface area contributed by atoms with Gasteiger partial charge in [0.1, 0.15) is 0 Å². The number of likely N-dealkylation sites (tertiary alicyclic amines) is 1. The Labute approximate surface area is 167 Å². The summed E-state index contributed by atoms with van der Waals surface area (Å²) in [4.78, 5) is 7.54. The summed E-state index contributed by atoms with van der Waals surface area (Å²) >= 11 is 3.72. The van der Waals surface area contributed by atoms with E-state index in [2.05, 4.69) is 76.5 Å². The number of rotatable bonds is 6. The number of halogens is 1. The maximum atomic E-state index is 4.97. The smallest absolute Gasteiger partial charge is 0.191 e. The molecule has 1 saturated carbocycles. The summed E-state index contributed by atoms with van der Waals surface area (Å²) in [6.45, 7) is 10.8. The van der Waals surface area contributed by atoms with Crippen LogP contribution in [0.3, 0.4) is 0 Å². The van der Waals surface area contributed by atoms with Gasteiger partial charge in [0, 0.05) is 41.6 Å². The van der Waals surface area contributed by atoms with Gasteiger partial charge in [-0.2, -0.15) is 0 Å². The van der Waals surface area contributed by atoms with Crippen LogP contribution in [0.5, 0.6) is 0 Å². The molecular weight excluding hydrogens is 388 g/mol. The normalized spacial score (nSPS) is 21.0. The molecule has 2 aliphatic rings. The third-order valence-corrected chi connectivity index (χ3v) is 6.48. The van der Waals surface area contributed by atoms with Gasteiger partial charge in [-0.1, -0.05) is 34.1 Å². The third-order valence-electron chi connectivity index (χ3n) is 5.78. The van der Waals surface area contributed by atoms with Crippen LogP contribution in [-0.4, -0.2) is 49.1 Å². The van der Waals surface area contributed by atoms with E-state index >= 15 is 0 Å². The molecule has 1 aliphatic heterocycles. The minimum Gasteiger partial charge on any atom is -0.357 e. The molecule has 0 amide bonds. The molecule has 1 aromatic rings. The fourth-order valence-corrected chi connectivity index (χ4v) is 4.56. The molecule has 0 spiro atoms. The Morgan fingerprint density at radius 1 is 1.27 bits per heavy atom. The highest BCUT2D eigenvalue weighted by atomic mass is 79.9. The number of hydrogen-bond donors (Lipinski definition) is 2. The van der Waals surface area contributed by atoms with Crippen LogP contribution in [0.4, 0.5) is 0 Å².